The van der Waals surface area contributed by atoms with Crippen LogP contribution in [0.5, 0.6) is 0 Å². The Kier molecular flexibility index (Phi) is 6.83. The molecular formula is C16H29N3O2. The van der Waals surface area contributed by atoms with Crippen LogP contribution in [0.4, 0.5) is 4.79 Å². The first-order chi connectivity index (χ1) is 10.3. The Morgan fingerprint density at radius 2 is 1.19 bits per heavy atom. The highest BCUT2D eigenvalue weighted by molar-refractivity contribution is 5.78. The monoisotopic (exact) mass is 295 g/mol. The van der Waals surface area contributed by atoms with E-state index < -0.39 is 0 Å². The van der Waals surface area contributed by atoms with E-state index in [0.29, 0.717) is 13.0 Å². The van der Waals surface area contributed by atoms with Gasteiger partial charge in [0.25, 0.3) is 0 Å². The maximum absolute atomic E-state index is 12.1. The summed E-state index contributed by atoms with van der Waals surface area (Å²) in [4.78, 5) is 28.0. The van der Waals surface area contributed by atoms with Gasteiger partial charge in [0.2, 0.25) is 5.91 Å². The lowest BCUT2D eigenvalue weighted by Crippen LogP contribution is -2.42. The van der Waals surface area contributed by atoms with E-state index in [-0.39, 0.29) is 11.9 Å². The van der Waals surface area contributed by atoms with Crippen molar-refractivity contribution >= 4 is 11.9 Å². The molecule has 0 aromatic heterocycles. The largest absolute Gasteiger partial charge is 0.343 e. The Balaban J connectivity index is 1.65. The number of nitrogens with zero attached hydrogens (tertiary/aromatic N) is 2. The molecule has 0 aromatic rings. The minimum atomic E-state index is 0.000524. The number of likely N-dealkylation sites (tertiary alicyclic amines) is 2. The fraction of sp³-hybridized carbons (Fsp3) is 0.875. The lowest BCUT2D eigenvalue weighted by Gasteiger charge is -2.22. The van der Waals surface area contributed by atoms with Crippen molar-refractivity contribution in [2.45, 2.75) is 57.8 Å². The van der Waals surface area contributed by atoms with E-state index in [0.717, 1.165) is 51.9 Å². The third-order valence-corrected chi connectivity index (χ3v) is 4.47. The molecule has 2 rings (SSSR count). The van der Waals surface area contributed by atoms with Gasteiger partial charge in [0, 0.05) is 39.1 Å². The van der Waals surface area contributed by atoms with Crippen LogP contribution in [0.15, 0.2) is 0 Å². The summed E-state index contributed by atoms with van der Waals surface area (Å²) < 4.78 is 0. The molecule has 0 aromatic carbocycles. The number of hydrogen-bond acceptors (Lipinski definition) is 2. The highest BCUT2D eigenvalue weighted by atomic mass is 16.2. The van der Waals surface area contributed by atoms with Gasteiger partial charge >= 0.3 is 6.03 Å². The van der Waals surface area contributed by atoms with Crippen LogP contribution in [0.1, 0.15) is 57.8 Å². The van der Waals surface area contributed by atoms with Crippen molar-refractivity contribution in [3.63, 3.8) is 0 Å². The molecule has 0 saturated carbocycles. The highest BCUT2D eigenvalue weighted by Crippen LogP contribution is 2.11. The Labute approximate surface area is 128 Å². The van der Waals surface area contributed by atoms with Crippen molar-refractivity contribution in [2.24, 2.45) is 0 Å². The average molecular weight is 295 g/mol. The minimum Gasteiger partial charge on any atom is -0.343 e. The third kappa shape index (κ3) is 5.56. The van der Waals surface area contributed by atoms with Crippen LogP contribution in [0.3, 0.4) is 0 Å². The highest BCUT2D eigenvalue weighted by Gasteiger charge is 2.17. The summed E-state index contributed by atoms with van der Waals surface area (Å²) in [6.45, 7) is 3.94. The summed E-state index contributed by atoms with van der Waals surface area (Å²) in [7, 11) is 0. The molecule has 5 heteroatoms. The van der Waals surface area contributed by atoms with E-state index in [1.54, 1.807) is 0 Å². The first-order valence-electron chi connectivity index (χ1n) is 8.58. The van der Waals surface area contributed by atoms with Gasteiger partial charge in [0.05, 0.1) is 0 Å². The number of rotatable bonds is 3. The van der Waals surface area contributed by atoms with Crippen LogP contribution in [-0.2, 0) is 4.79 Å². The first-order valence-corrected chi connectivity index (χ1v) is 8.58. The zero-order valence-electron chi connectivity index (χ0n) is 13.1. The molecule has 5 nitrogen and oxygen atoms in total. The van der Waals surface area contributed by atoms with Gasteiger partial charge in [-0.05, 0) is 25.7 Å². The van der Waals surface area contributed by atoms with E-state index in [9.17, 15) is 9.59 Å². The van der Waals surface area contributed by atoms with Gasteiger partial charge in [-0.15, -0.1) is 0 Å². The summed E-state index contributed by atoms with van der Waals surface area (Å²) >= 11 is 0. The van der Waals surface area contributed by atoms with Gasteiger partial charge in [0.1, 0.15) is 0 Å². The predicted molar refractivity (Wildman–Crippen MR) is 83.1 cm³/mol. The molecule has 21 heavy (non-hydrogen) atoms. The van der Waals surface area contributed by atoms with E-state index >= 15 is 0 Å². The molecule has 2 saturated heterocycles. The summed E-state index contributed by atoms with van der Waals surface area (Å²) in [5.74, 6) is 0.188. The molecule has 0 spiro atoms. The molecule has 2 fully saturated rings. The van der Waals surface area contributed by atoms with Crippen molar-refractivity contribution in [1.82, 2.24) is 15.1 Å². The molecule has 0 radical (unpaired) electrons. The quantitative estimate of drug-likeness (QED) is 0.869. The zero-order chi connectivity index (χ0) is 14.9. The van der Waals surface area contributed by atoms with Crippen molar-refractivity contribution in [1.29, 1.82) is 0 Å². The Morgan fingerprint density at radius 1 is 0.714 bits per heavy atom. The molecule has 2 aliphatic heterocycles. The normalized spacial score (nSPS) is 20.6. The number of nitrogens with one attached hydrogen (secondary N) is 1. The second kappa shape index (κ2) is 8.90. The van der Waals surface area contributed by atoms with Crippen LogP contribution in [-0.4, -0.2) is 54.5 Å². The number of hydrogen-bond donors (Lipinski definition) is 1. The maximum Gasteiger partial charge on any atom is 0.317 e. The molecule has 3 amide bonds. The van der Waals surface area contributed by atoms with Gasteiger partial charge in [-0.2, -0.15) is 0 Å². The number of urea groups is 1. The summed E-state index contributed by atoms with van der Waals surface area (Å²) in [6, 6.07) is 0.000524. The second-order valence-electron chi connectivity index (χ2n) is 6.18. The Bertz CT molecular complexity index is 298. The fourth-order valence-corrected chi connectivity index (χ4v) is 3.14. The van der Waals surface area contributed by atoms with E-state index in [1.807, 2.05) is 9.80 Å². The molecular weight excluding hydrogens is 266 g/mol. The van der Waals surface area contributed by atoms with E-state index in [1.165, 1.54) is 25.7 Å². The fourth-order valence-electron chi connectivity index (χ4n) is 3.14. The van der Waals surface area contributed by atoms with Crippen molar-refractivity contribution in [3.8, 4) is 0 Å². The van der Waals surface area contributed by atoms with Gasteiger partial charge in [-0.1, -0.05) is 25.7 Å². The Hall–Kier alpha value is -1.26. The van der Waals surface area contributed by atoms with Crippen LogP contribution in [0.25, 0.3) is 0 Å². The van der Waals surface area contributed by atoms with Gasteiger partial charge in [0.15, 0.2) is 0 Å². The average Bonchev–Trinajstić information content (AvgIpc) is 2.92. The van der Waals surface area contributed by atoms with Crippen molar-refractivity contribution in [2.75, 3.05) is 32.7 Å². The topological polar surface area (TPSA) is 52.7 Å². The van der Waals surface area contributed by atoms with Gasteiger partial charge in [-0.3, -0.25) is 4.79 Å². The van der Waals surface area contributed by atoms with Gasteiger partial charge in [-0.25, -0.2) is 4.79 Å². The van der Waals surface area contributed by atoms with Crippen molar-refractivity contribution in [3.05, 3.63) is 0 Å². The lowest BCUT2D eigenvalue weighted by molar-refractivity contribution is -0.131. The third-order valence-electron chi connectivity index (χ3n) is 4.47. The van der Waals surface area contributed by atoms with Crippen LogP contribution in [0.2, 0.25) is 0 Å². The van der Waals surface area contributed by atoms with Crippen LogP contribution < -0.4 is 5.32 Å². The maximum atomic E-state index is 12.1. The second-order valence-corrected chi connectivity index (χ2v) is 6.18. The molecule has 2 aliphatic rings. The SMILES string of the molecule is O=C(CCNC(=O)N1CCCCCC1)N1CCCCCC1. The predicted octanol–water partition coefficient (Wildman–Crippen LogP) is 2.36. The Morgan fingerprint density at radius 3 is 1.71 bits per heavy atom. The molecule has 0 bridgehead atoms. The van der Waals surface area contributed by atoms with E-state index in [2.05, 4.69) is 5.32 Å². The molecule has 0 aliphatic carbocycles. The molecule has 2 heterocycles. The standard InChI is InChI=1S/C16H29N3O2/c20-15(18-11-5-1-2-6-12-18)9-10-17-16(21)19-13-7-3-4-8-14-19/h1-14H2,(H,17,21). The first kappa shape index (κ1) is 16.1. The molecule has 1 N–H and O–H groups in total. The zero-order valence-corrected chi connectivity index (χ0v) is 13.1. The number of carbonyl (C=O) groups is 2. The minimum absolute atomic E-state index is 0.000524. The molecule has 0 atom stereocenters. The van der Waals surface area contributed by atoms with Gasteiger partial charge < -0.3 is 15.1 Å². The molecule has 120 valence electrons. The van der Waals surface area contributed by atoms with E-state index in [4.69, 9.17) is 0 Å². The summed E-state index contributed by atoms with van der Waals surface area (Å²) in [6.07, 6.45) is 9.76. The molecule has 0 unspecified atom stereocenters. The summed E-state index contributed by atoms with van der Waals surface area (Å²) in [5, 5.41) is 2.91. The number of amides is 3. The summed E-state index contributed by atoms with van der Waals surface area (Å²) in [5.41, 5.74) is 0. The number of carbonyl (C=O) groups excluding carboxylic acids is 2. The van der Waals surface area contributed by atoms with Crippen LogP contribution >= 0.6 is 0 Å². The lowest BCUT2D eigenvalue weighted by atomic mass is 10.2. The van der Waals surface area contributed by atoms with Crippen molar-refractivity contribution < 1.29 is 9.59 Å². The van der Waals surface area contributed by atoms with Crippen LogP contribution in [0, 0.1) is 0 Å². The smallest absolute Gasteiger partial charge is 0.317 e.